The highest BCUT2D eigenvalue weighted by molar-refractivity contribution is 6.98. The lowest BCUT2D eigenvalue weighted by atomic mass is 9.48. The first kappa shape index (κ1) is 8.85. The molecule has 0 amide bonds. The maximum absolute atomic E-state index is 2.43. The summed E-state index contributed by atoms with van der Waals surface area (Å²) in [5, 5.41) is 1.72. The Balaban J connectivity index is 2.84. The fourth-order valence-electron chi connectivity index (χ4n) is 1.73. The van der Waals surface area contributed by atoms with Crippen molar-refractivity contribution in [2.24, 2.45) is 0 Å². The lowest BCUT2D eigenvalue weighted by Gasteiger charge is -2.26. The van der Waals surface area contributed by atoms with Gasteiger partial charge in [-0.25, -0.2) is 0 Å². The van der Waals surface area contributed by atoms with Crippen LogP contribution in [0.5, 0.6) is 0 Å². The quantitative estimate of drug-likeness (QED) is 0.522. The van der Waals surface area contributed by atoms with Gasteiger partial charge in [-0.3, -0.25) is 0 Å². The molecule has 2 heteroatoms. The average Bonchev–Trinajstić information content (AvgIpc) is 1.86. The molecule has 0 nitrogen and oxygen atoms in total. The first-order valence-electron chi connectivity index (χ1n) is 4.39. The minimum Gasteiger partial charge on any atom is -0.111 e. The molecular formula is C9H17BSi. The van der Waals surface area contributed by atoms with Crippen LogP contribution in [-0.2, 0) is 0 Å². The van der Waals surface area contributed by atoms with Gasteiger partial charge in [0.05, 0.1) is 8.07 Å². The third-order valence-electron chi connectivity index (χ3n) is 2.30. The van der Waals surface area contributed by atoms with Gasteiger partial charge < -0.3 is 0 Å². The van der Waals surface area contributed by atoms with Gasteiger partial charge in [-0.05, 0) is 0 Å². The van der Waals surface area contributed by atoms with Gasteiger partial charge in [-0.15, -0.1) is 5.10 Å². The highest BCUT2D eigenvalue weighted by Crippen LogP contribution is 2.22. The zero-order chi connectivity index (χ0) is 8.48. The van der Waals surface area contributed by atoms with Gasteiger partial charge in [0.2, 0.25) is 0 Å². The van der Waals surface area contributed by atoms with E-state index in [-0.39, 0.29) is 0 Å². The van der Waals surface area contributed by atoms with Gasteiger partial charge >= 0.3 is 0 Å². The molecule has 1 aliphatic heterocycles. The fourth-order valence-corrected chi connectivity index (χ4v) is 3.93. The van der Waals surface area contributed by atoms with Crippen LogP contribution in [0.25, 0.3) is 0 Å². The monoisotopic (exact) mass is 164 g/mol. The molecule has 0 aromatic heterocycles. The van der Waals surface area contributed by atoms with Crippen molar-refractivity contribution in [3.63, 3.8) is 0 Å². The fraction of sp³-hybridized carbons (Fsp3) is 0.556. The molecule has 0 bridgehead atoms. The van der Waals surface area contributed by atoms with Crippen molar-refractivity contribution in [2.75, 3.05) is 0 Å². The molecule has 0 aromatic carbocycles. The summed E-state index contributed by atoms with van der Waals surface area (Å²) in [7, 11) is -1.01. The predicted octanol–water partition coefficient (Wildman–Crippen LogP) is 3.02. The molecule has 0 atom stereocenters. The summed E-state index contributed by atoms with van der Waals surface area (Å²) in [5.74, 6) is 0. The SMILES string of the molecule is CB1CC=CC=C1[Si](C)(C)C. The van der Waals surface area contributed by atoms with Crippen molar-refractivity contribution >= 4 is 14.8 Å². The van der Waals surface area contributed by atoms with Crippen LogP contribution in [0.1, 0.15) is 0 Å². The van der Waals surface area contributed by atoms with E-state index >= 15 is 0 Å². The summed E-state index contributed by atoms with van der Waals surface area (Å²) < 4.78 is 0. The smallest absolute Gasteiger partial charge is 0.111 e. The van der Waals surface area contributed by atoms with E-state index in [1.54, 1.807) is 5.10 Å². The van der Waals surface area contributed by atoms with Crippen molar-refractivity contribution in [1.29, 1.82) is 0 Å². The van der Waals surface area contributed by atoms with E-state index in [2.05, 4.69) is 44.7 Å². The van der Waals surface area contributed by atoms with Gasteiger partial charge in [0, 0.05) is 0 Å². The number of hydrogen-bond donors (Lipinski definition) is 0. The predicted molar refractivity (Wildman–Crippen MR) is 57.0 cm³/mol. The van der Waals surface area contributed by atoms with Gasteiger partial charge in [0.15, 0.2) is 6.71 Å². The molecule has 0 unspecified atom stereocenters. The van der Waals surface area contributed by atoms with E-state index in [0.29, 0.717) is 0 Å². The largest absolute Gasteiger partial charge is 0.166 e. The highest BCUT2D eigenvalue weighted by Gasteiger charge is 2.25. The Labute approximate surface area is 71.5 Å². The first-order valence-corrected chi connectivity index (χ1v) is 7.89. The summed E-state index contributed by atoms with van der Waals surface area (Å²) in [6.45, 7) is 10.4. The highest BCUT2D eigenvalue weighted by atomic mass is 28.3. The van der Waals surface area contributed by atoms with Crippen LogP contribution in [0.4, 0.5) is 0 Å². The van der Waals surface area contributed by atoms with E-state index in [1.165, 1.54) is 6.32 Å². The molecule has 0 aromatic rings. The topological polar surface area (TPSA) is 0 Å². The molecule has 0 spiro atoms. The van der Waals surface area contributed by atoms with Gasteiger partial charge in [-0.2, -0.15) is 0 Å². The summed E-state index contributed by atoms with van der Waals surface area (Å²) in [5.41, 5.74) is 0. The second-order valence-corrected chi connectivity index (χ2v) is 9.51. The van der Waals surface area contributed by atoms with E-state index in [9.17, 15) is 0 Å². The third-order valence-corrected chi connectivity index (χ3v) is 4.69. The molecule has 11 heavy (non-hydrogen) atoms. The Kier molecular flexibility index (Phi) is 2.43. The molecule has 1 aliphatic rings. The molecule has 0 radical (unpaired) electrons. The maximum Gasteiger partial charge on any atom is 0.166 e. The molecule has 0 aliphatic carbocycles. The molecule has 1 rings (SSSR count). The summed E-state index contributed by atoms with van der Waals surface area (Å²) in [4.78, 5) is 0. The minimum atomic E-state index is -1.01. The minimum absolute atomic E-state index is 0.798. The molecule has 0 fully saturated rings. The molecular weight excluding hydrogens is 147 g/mol. The Morgan fingerprint density at radius 2 is 2.00 bits per heavy atom. The summed E-state index contributed by atoms with van der Waals surface area (Å²) in [6, 6.07) is 0. The van der Waals surface area contributed by atoms with E-state index < -0.39 is 8.07 Å². The summed E-state index contributed by atoms with van der Waals surface area (Å²) in [6.07, 6.45) is 8.07. The Hall–Kier alpha value is -0.238. The van der Waals surface area contributed by atoms with E-state index in [4.69, 9.17) is 0 Å². The number of allylic oxidation sites excluding steroid dienone is 3. The van der Waals surface area contributed by atoms with Gasteiger partial charge in [0.25, 0.3) is 0 Å². The zero-order valence-electron chi connectivity index (χ0n) is 8.02. The van der Waals surface area contributed by atoms with Crippen LogP contribution >= 0.6 is 0 Å². The number of hydrogen-bond acceptors (Lipinski definition) is 0. The number of rotatable bonds is 1. The lowest BCUT2D eigenvalue weighted by molar-refractivity contribution is 1.54. The molecule has 0 N–H and O–H groups in total. The van der Waals surface area contributed by atoms with Crippen LogP contribution in [0, 0.1) is 0 Å². The maximum atomic E-state index is 2.43. The molecule has 60 valence electrons. The standard InChI is InChI=1S/C9H17BSi/c1-10-8-6-5-7-9(10)11(2,3)4/h5-7H,8H2,1-4H3. The molecule has 0 saturated carbocycles. The normalized spacial score (nSPS) is 18.5. The van der Waals surface area contributed by atoms with E-state index in [0.717, 1.165) is 6.71 Å². The van der Waals surface area contributed by atoms with Crippen LogP contribution in [0.15, 0.2) is 23.3 Å². The van der Waals surface area contributed by atoms with Gasteiger partial charge in [-0.1, -0.05) is 51.0 Å². The Bertz CT molecular complexity index is 198. The first-order chi connectivity index (χ1) is 5.02. The Morgan fingerprint density at radius 3 is 2.36 bits per heavy atom. The van der Waals surface area contributed by atoms with Crippen molar-refractivity contribution in [3.05, 3.63) is 23.3 Å². The Morgan fingerprint density at radius 1 is 1.36 bits per heavy atom. The van der Waals surface area contributed by atoms with Crippen LogP contribution in [0.3, 0.4) is 0 Å². The van der Waals surface area contributed by atoms with Gasteiger partial charge in [0.1, 0.15) is 0 Å². The average molecular weight is 164 g/mol. The molecule has 0 saturated heterocycles. The zero-order valence-corrected chi connectivity index (χ0v) is 9.02. The second-order valence-electron chi connectivity index (χ2n) is 4.44. The second kappa shape index (κ2) is 3.02. The van der Waals surface area contributed by atoms with Crippen molar-refractivity contribution in [3.8, 4) is 0 Å². The third kappa shape index (κ3) is 2.09. The lowest BCUT2D eigenvalue weighted by Crippen LogP contribution is -2.33. The van der Waals surface area contributed by atoms with Crippen molar-refractivity contribution in [2.45, 2.75) is 32.8 Å². The molecule has 1 heterocycles. The van der Waals surface area contributed by atoms with Crippen molar-refractivity contribution in [1.82, 2.24) is 0 Å². The van der Waals surface area contributed by atoms with Crippen molar-refractivity contribution < 1.29 is 0 Å². The van der Waals surface area contributed by atoms with Crippen LogP contribution < -0.4 is 0 Å². The summed E-state index contributed by atoms with van der Waals surface area (Å²) >= 11 is 0. The van der Waals surface area contributed by atoms with E-state index in [1.807, 2.05) is 0 Å². The van der Waals surface area contributed by atoms with Crippen LogP contribution in [0.2, 0.25) is 32.8 Å². The van der Waals surface area contributed by atoms with Crippen LogP contribution in [-0.4, -0.2) is 14.8 Å².